The summed E-state index contributed by atoms with van der Waals surface area (Å²) in [5.74, 6) is 0.925. The van der Waals surface area contributed by atoms with Crippen LogP contribution < -0.4 is 5.32 Å². The SMILES string of the molecule is CC1CCCNC1.[HH]. The summed E-state index contributed by atoms with van der Waals surface area (Å²) in [4.78, 5) is 0. The molecule has 0 spiro atoms. The van der Waals surface area contributed by atoms with Gasteiger partial charge in [-0.3, -0.25) is 0 Å². The van der Waals surface area contributed by atoms with Gasteiger partial charge in [-0.25, -0.2) is 0 Å². The van der Waals surface area contributed by atoms with E-state index in [1.807, 2.05) is 0 Å². The average Bonchev–Trinajstić information content (AvgIpc) is 1.69. The number of piperidine rings is 1. The van der Waals surface area contributed by atoms with E-state index in [0.29, 0.717) is 0 Å². The fourth-order valence-corrected chi connectivity index (χ4v) is 1.03. The minimum atomic E-state index is 0. The first-order valence-corrected chi connectivity index (χ1v) is 3.10. The van der Waals surface area contributed by atoms with Crippen LogP contribution in [0.2, 0.25) is 0 Å². The minimum Gasteiger partial charge on any atom is -0.316 e. The molecular formula is C6H15N. The molecule has 1 heterocycles. The van der Waals surface area contributed by atoms with Gasteiger partial charge in [-0.05, 0) is 31.8 Å². The van der Waals surface area contributed by atoms with Gasteiger partial charge in [0.1, 0.15) is 0 Å². The number of nitrogens with one attached hydrogen (secondary N) is 1. The first-order chi connectivity index (χ1) is 3.39. The summed E-state index contributed by atoms with van der Waals surface area (Å²) >= 11 is 0. The van der Waals surface area contributed by atoms with Gasteiger partial charge in [-0.2, -0.15) is 0 Å². The Labute approximate surface area is 46.6 Å². The fourth-order valence-electron chi connectivity index (χ4n) is 1.03. The zero-order valence-electron chi connectivity index (χ0n) is 4.91. The van der Waals surface area contributed by atoms with E-state index in [0.717, 1.165) is 5.92 Å². The molecule has 0 bridgehead atoms. The minimum absolute atomic E-state index is 0. The van der Waals surface area contributed by atoms with Gasteiger partial charge in [-0.15, -0.1) is 0 Å². The van der Waals surface area contributed by atoms with Crippen molar-refractivity contribution in [3.8, 4) is 0 Å². The summed E-state index contributed by atoms with van der Waals surface area (Å²) in [6, 6.07) is 0. The van der Waals surface area contributed by atoms with Crippen LogP contribution in [-0.2, 0) is 0 Å². The Kier molecular flexibility index (Phi) is 1.69. The van der Waals surface area contributed by atoms with Crippen molar-refractivity contribution in [2.45, 2.75) is 19.8 Å². The molecule has 1 aliphatic rings. The molecule has 0 saturated carbocycles. The molecule has 1 atom stereocenters. The van der Waals surface area contributed by atoms with E-state index in [-0.39, 0.29) is 1.43 Å². The molecule has 0 aromatic carbocycles. The Morgan fingerprint density at radius 2 is 2.57 bits per heavy atom. The Hall–Kier alpha value is -0.0400. The molecule has 1 fully saturated rings. The van der Waals surface area contributed by atoms with E-state index < -0.39 is 0 Å². The van der Waals surface area contributed by atoms with Crippen LogP contribution >= 0.6 is 0 Å². The lowest BCUT2D eigenvalue weighted by Gasteiger charge is -2.17. The molecule has 0 radical (unpaired) electrons. The highest BCUT2D eigenvalue weighted by molar-refractivity contribution is 4.63. The molecule has 1 saturated heterocycles. The van der Waals surface area contributed by atoms with Crippen molar-refractivity contribution in [3.63, 3.8) is 0 Å². The molecule has 1 aliphatic heterocycles. The maximum Gasteiger partial charge on any atom is 0 e. The Bertz CT molecular complexity index is 50.5. The highest BCUT2D eigenvalue weighted by Gasteiger charge is 2.04. The summed E-state index contributed by atoms with van der Waals surface area (Å²) in [7, 11) is 0. The normalized spacial score (nSPS) is 33.0. The van der Waals surface area contributed by atoms with Crippen molar-refractivity contribution in [3.05, 3.63) is 0 Å². The van der Waals surface area contributed by atoms with Crippen molar-refractivity contribution in [2.24, 2.45) is 5.92 Å². The van der Waals surface area contributed by atoms with Crippen LogP contribution in [0.3, 0.4) is 0 Å². The van der Waals surface area contributed by atoms with E-state index in [1.165, 1.54) is 25.9 Å². The van der Waals surface area contributed by atoms with Crippen LogP contribution in [0.4, 0.5) is 0 Å². The van der Waals surface area contributed by atoms with Crippen LogP contribution in [-0.4, -0.2) is 13.1 Å². The third kappa shape index (κ3) is 1.48. The van der Waals surface area contributed by atoms with Gasteiger partial charge in [0.15, 0.2) is 0 Å². The third-order valence-electron chi connectivity index (χ3n) is 1.54. The third-order valence-corrected chi connectivity index (χ3v) is 1.54. The maximum absolute atomic E-state index is 3.33. The first kappa shape index (κ1) is 5.10. The van der Waals surface area contributed by atoms with Gasteiger partial charge in [0.05, 0.1) is 0 Å². The van der Waals surface area contributed by atoms with Crippen LogP contribution in [0.15, 0.2) is 0 Å². The maximum atomic E-state index is 3.33. The molecule has 7 heavy (non-hydrogen) atoms. The molecule has 1 rings (SSSR count). The number of hydrogen-bond donors (Lipinski definition) is 1. The second kappa shape index (κ2) is 2.31. The van der Waals surface area contributed by atoms with Gasteiger partial charge in [0.2, 0.25) is 0 Å². The van der Waals surface area contributed by atoms with Crippen molar-refractivity contribution >= 4 is 0 Å². The zero-order valence-corrected chi connectivity index (χ0v) is 4.91. The molecule has 1 N–H and O–H groups in total. The van der Waals surface area contributed by atoms with Crippen molar-refractivity contribution < 1.29 is 1.43 Å². The fraction of sp³-hybridized carbons (Fsp3) is 1.00. The largest absolute Gasteiger partial charge is 0.316 e. The van der Waals surface area contributed by atoms with Gasteiger partial charge < -0.3 is 5.32 Å². The quantitative estimate of drug-likeness (QED) is 0.484. The van der Waals surface area contributed by atoms with Crippen molar-refractivity contribution in [1.29, 1.82) is 0 Å². The van der Waals surface area contributed by atoms with Crippen LogP contribution in [0, 0.1) is 5.92 Å². The first-order valence-electron chi connectivity index (χ1n) is 3.10. The molecule has 44 valence electrons. The molecule has 0 aromatic rings. The number of rotatable bonds is 0. The lowest BCUT2D eigenvalue weighted by Crippen LogP contribution is -2.27. The zero-order chi connectivity index (χ0) is 5.11. The topological polar surface area (TPSA) is 12.0 Å². The smallest absolute Gasteiger partial charge is 0 e. The highest BCUT2D eigenvalue weighted by Crippen LogP contribution is 2.06. The van der Waals surface area contributed by atoms with E-state index in [4.69, 9.17) is 0 Å². The predicted molar refractivity (Wildman–Crippen MR) is 33.4 cm³/mol. The van der Waals surface area contributed by atoms with E-state index >= 15 is 0 Å². The summed E-state index contributed by atoms with van der Waals surface area (Å²) in [5.41, 5.74) is 0. The van der Waals surface area contributed by atoms with Gasteiger partial charge in [-0.1, -0.05) is 6.92 Å². The average molecular weight is 101 g/mol. The van der Waals surface area contributed by atoms with Crippen LogP contribution in [0.25, 0.3) is 0 Å². The van der Waals surface area contributed by atoms with Crippen LogP contribution in [0.5, 0.6) is 0 Å². The predicted octanol–water partition coefficient (Wildman–Crippen LogP) is 1.25. The van der Waals surface area contributed by atoms with Gasteiger partial charge in [0.25, 0.3) is 0 Å². The lowest BCUT2D eigenvalue weighted by molar-refractivity contribution is 0.405. The molecule has 1 unspecified atom stereocenters. The molecule has 1 nitrogen and oxygen atoms in total. The summed E-state index contributed by atoms with van der Waals surface area (Å²) in [6.07, 6.45) is 2.80. The molecule has 1 heteroatoms. The van der Waals surface area contributed by atoms with E-state index in [2.05, 4.69) is 12.2 Å². The molecule has 0 amide bonds. The highest BCUT2D eigenvalue weighted by atomic mass is 14.9. The summed E-state index contributed by atoms with van der Waals surface area (Å²) in [5, 5.41) is 3.33. The molecular weight excluding hydrogens is 86.1 g/mol. The van der Waals surface area contributed by atoms with E-state index in [9.17, 15) is 0 Å². The van der Waals surface area contributed by atoms with Gasteiger partial charge in [0, 0.05) is 1.43 Å². The standard InChI is InChI=1S/C6H13N.H2/c1-6-3-2-4-7-5-6;/h6-7H,2-5H2,1H3;1H. The number of hydrogen-bond acceptors (Lipinski definition) is 1. The Morgan fingerprint density at radius 1 is 1.71 bits per heavy atom. The van der Waals surface area contributed by atoms with E-state index in [1.54, 1.807) is 0 Å². The van der Waals surface area contributed by atoms with Gasteiger partial charge >= 0.3 is 0 Å². The van der Waals surface area contributed by atoms with Crippen molar-refractivity contribution in [2.75, 3.05) is 13.1 Å². The summed E-state index contributed by atoms with van der Waals surface area (Å²) < 4.78 is 0. The van der Waals surface area contributed by atoms with Crippen molar-refractivity contribution in [1.82, 2.24) is 5.32 Å². The second-order valence-electron chi connectivity index (χ2n) is 2.45. The lowest BCUT2D eigenvalue weighted by atomic mass is 10.0. The monoisotopic (exact) mass is 101 g/mol. The second-order valence-corrected chi connectivity index (χ2v) is 2.45. The Morgan fingerprint density at radius 3 is 2.86 bits per heavy atom. The summed E-state index contributed by atoms with van der Waals surface area (Å²) in [6.45, 7) is 4.77. The van der Waals surface area contributed by atoms with Crippen LogP contribution in [0.1, 0.15) is 21.2 Å². The molecule has 0 aromatic heterocycles. The molecule has 0 aliphatic carbocycles. The Balaban J connectivity index is 0.000000490.